The van der Waals surface area contributed by atoms with Crippen LogP contribution in [0.15, 0.2) is 30.5 Å². The van der Waals surface area contributed by atoms with Crippen LogP contribution < -0.4 is 4.90 Å². The Morgan fingerprint density at radius 2 is 2.24 bits per heavy atom. The first-order valence-electron chi connectivity index (χ1n) is 6.51. The van der Waals surface area contributed by atoms with Crippen molar-refractivity contribution in [3.05, 3.63) is 47.3 Å². The lowest BCUT2D eigenvalue weighted by molar-refractivity contribution is 0.111. The zero-order valence-electron chi connectivity index (χ0n) is 11.1. The summed E-state index contributed by atoms with van der Waals surface area (Å²) < 4.78 is 0. The van der Waals surface area contributed by atoms with Gasteiger partial charge in [0.2, 0.25) is 0 Å². The molecule has 0 bridgehead atoms. The van der Waals surface area contributed by atoms with E-state index in [-0.39, 0.29) is 0 Å². The molecule has 0 aromatic carbocycles. The van der Waals surface area contributed by atoms with E-state index in [0.717, 1.165) is 0 Å². The minimum atomic E-state index is -0.595. The van der Waals surface area contributed by atoms with Crippen LogP contribution in [0.25, 0.3) is 0 Å². The van der Waals surface area contributed by atoms with E-state index in [1.165, 1.54) is 6.20 Å². The summed E-state index contributed by atoms with van der Waals surface area (Å²) in [6, 6.07) is 8.73. The van der Waals surface area contributed by atoms with Crippen LogP contribution in [0.2, 0.25) is 0 Å². The topological polar surface area (TPSA) is 90.1 Å². The summed E-state index contributed by atoms with van der Waals surface area (Å²) in [5.74, 6) is 1.17. The summed E-state index contributed by atoms with van der Waals surface area (Å²) in [6.07, 6.45) is 2.12. The maximum atomic E-state index is 10.9. The third-order valence-electron chi connectivity index (χ3n) is 3.44. The fourth-order valence-corrected chi connectivity index (χ4v) is 2.36. The van der Waals surface area contributed by atoms with Gasteiger partial charge in [-0.25, -0.2) is 9.97 Å². The number of aldehydes is 1. The molecule has 6 nitrogen and oxygen atoms in total. The monoisotopic (exact) mass is 280 g/mol. The van der Waals surface area contributed by atoms with Crippen LogP contribution in [0.5, 0.6) is 0 Å². The van der Waals surface area contributed by atoms with Gasteiger partial charge in [0.05, 0.1) is 11.7 Å². The van der Waals surface area contributed by atoms with E-state index in [1.807, 2.05) is 11.0 Å². The Kier molecular flexibility index (Phi) is 3.34. The molecule has 1 unspecified atom stereocenters. The molecule has 3 heterocycles. The second-order valence-electron chi connectivity index (χ2n) is 4.74. The third kappa shape index (κ3) is 2.35. The lowest BCUT2D eigenvalue weighted by Gasteiger charge is -2.31. The summed E-state index contributed by atoms with van der Waals surface area (Å²) in [5.41, 5.74) is 1.46. The number of aliphatic hydroxyl groups is 1. The number of hydrogen-bond donors (Lipinski definition) is 1. The molecule has 104 valence electrons. The van der Waals surface area contributed by atoms with E-state index in [2.05, 4.69) is 9.97 Å². The summed E-state index contributed by atoms with van der Waals surface area (Å²) >= 11 is 0. The number of aliphatic hydroxyl groups excluding tert-OH is 1. The normalized spacial score (nSPS) is 17.0. The van der Waals surface area contributed by atoms with Gasteiger partial charge in [-0.15, -0.1) is 0 Å². The van der Waals surface area contributed by atoms with E-state index < -0.39 is 6.10 Å². The maximum Gasteiger partial charge on any atom is 0.168 e. The highest BCUT2D eigenvalue weighted by atomic mass is 16.3. The van der Waals surface area contributed by atoms with Gasteiger partial charge in [0.1, 0.15) is 23.4 Å². The number of carbonyl (C=O) groups is 1. The zero-order chi connectivity index (χ0) is 14.8. The van der Waals surface area contributed by atoms with Crippen LogP contribution >= 0.6 is 0 Å². The number of aromatic nitrogens is 2. The molecule has 0 amide bonds. The van der Waals surface area contributed by atoms with Crippen molar-refractivity contribution in [2.75, 3.05) is 11.4 Å². The lowest BCUT2D eigenvalue weighted by Crippen LogP contribution is -2.29. The number of rotatable bonds is 2. The SMILES string of the molecule is N#Cc1ccc(N2CCC(O)c3ccc(C=O)nc32)nc1. The van der Waals surface area contributed by atoms with Crippen molar-refractivity contribution in [1.29, 1.82) is 5.26 Å². The molecule has 0 saturated heterocycles. The van der Waals surface area contributed by atoms with Gasteiger partial charge in [-0.05, 0) is 24.6 Å². The molecule has 0 spiro atoms. The van der Waals surface area contributed by atoms with Crippen LogP contribution in [0.4, 0.5) is 11.6 Å². The summed E-state index contributed by atoms with van der Waals surface area (Å²) in [5, 5.41) is 18.9. The van der Waals surface area contributed by atoms with Crippen LogP contribution in [-0.2, 0) is 0 Å². The van der Waals surface area contributed by atoms with E-state index >= 15 is 0 Å². The summed E-state index contributed by atoms with van der Waals surface area (Å²) in [4.78, 5) is 21.3. The fraction of sp³-hybridized carbons (Fsp3) is 0.200. The average molecular weight is 280 g/mol. The standard InChI is InChI=1S/C15H12N4O2/c16-7-10-1-4-14(17-8-10)19-6-5-13(21)12-3-2-11(9-20)18-15(12)19/h1-4,8-9,13,21H,5-6H2. The van der Waals surface area contributed by atoms with Gasteiger partial charge in [0, 0.05) is 18.3 Å². The molecule has 2 aromatic heterocycles. The van der Waals surface area contributed by atoms with Crippen molar-refractivity contribution in [1.82, 2.24) is 9.97 Å². The first-order valence-corrected chi connectivity index (χ1v) is 6.51. The van der Waals surface area contributed by atoms with Crippen LogP contribution in [-0.4, -0.2) is 27.9 Å². The highest BCUT2D eigenvalue weighted by Crippen LogP contribution is 2.35. The summed E-state index contributed by atoms with van der Waals surface area (Å²) in [6.45, 7) is 0.544. The molecule has 0 fully saturated rings. The highest BCUT2D eigenvalue weighted by Gasteiger charge is 2.26. The number of fused-ring (bicyclic) bond motifs is 1. The molecule has 21 heavy (non-hydrogen) atoms. The lowest BCUT2D eigenvalue weighted by atomic mass is 10.0. The first-order chi connectivity index (χ1) is 10.2. The van der Waals surface area contributed by atoms with Crippen molar-refractivity contribution >= 4 is 17.9 Å². The van der Waals surface area contributed by atoms with Gasteiger partial charge in [-0.2, -0.15) is 5.26 Å². The Morgan fingerprint density at radius 3 is 2.90 bits per heavy atom. The number of carbonyl (C=O) groups excluding carboxylic acids is 1. The highest BCUT2D eigenvalue weighted by molar-refractivity contribution is 5.74. The molecule has 1 atom stereocenters. The molecular weight excluding hydrogens is 268 g/mol. The Bertz CT molecular complexity index is 721. The van der Waals surface area contributed by atoms with Gasteiger partial charge >= 0.3 is 0 Å². The molecule has 0 aliphatic carbocycles. The zero-order valence-corrected chi connectivity index (χ0v) is 11.1. The molecule has 0 radical (unpaired) electrons. The van der Waals surface area contributed by atoms with E-state index in [1.54, 1.807) is 24.3 Å². The van der Waals surface area contributed by atoms with Gasteiger partial charge in [-0.1, -0.05) is 6.07 Å². The predicted molar refractivity (Wildman–Crippen MR) is 75.2 cm³/mol. The van der Waals surface area contributed by atoms with Gasteiger partial charge in [0.25, 0.3) is 0 Å². The third-order valence-corrected chi connectivity index (χ3v) is 3.44. The van der Waals surface area contributed by atoms with Crippen LogP contribution in [0, 0.1) is 11.3 Å². The van der Waals surface area contributed by atoms with Gasteiger partial charge in [-0.3, -0.25) is 4.79 Å². The van der Waals surface area contributed by atoms with Crippen molar-refractivity contribution in [3.63, 3.8) is 0 Å². The van der Waals surface area contributed by atoms with Gasteiger partial charge in [0.15, 0.2) is 6.29 Å². The summed E-state index contributed by atoms with van der Waals surface area (Å²) in [7, 11) is 0. The number of anilines is 2. The van der Waals surface area contributed by atoms with Crippen molar-refractivity contribution < 1.29 is 9.90 Å². The van der Waals surface area contributed by atoms with E-state index in [4.69, 9.17) is 5.26 Å². The second kappa shape index (κ2) is 5.31. The van der Waals surface area contributed by atoms with Crippen molar-refractivity contribution in [2.24, 2.45) is 0 Å². The predicted octanol–water partition coefficient (Wildman–Crippen LogP) is 1.74. The quantitative estimate of drug-likeness (QED) is 0.843. The average Bonchev–Trinajstić information content (AvgIpc) is 2.55. The molecule has 1 aliphatic heterocycles. The van der Waals surface area contributed by atoms with Crippen molar-refractivity contribution in [3.8, 4) is 6.07 Å². The minimum absolute atomic E-state index is 0.307. The molecule has 1 N–H and O–H groups in total. The number of nitrogens with zero attached hydrogens (tertiary/aromatic N) is 4. The molecular formula is C15H12N4O2. The largest absolute Gasteiger partial charge is 0.388 e. The molecule has 3 rings (SSSR count). The van der Waals surface area contributed by atoms with Gasteiger partial charge < -0.3 is 10.0 Å². The Labute approximate surface area is 121 Å². The van der Waals surface area contributed by atoms with E-state index in [0.29, 0.717) is 47.7 Å². The Balaban J connectivity index is 2.06. The molecule has 2 aromatic rings. The second-order valence-corrected chi connectivity index (χ2v) is 4.74. The number of hydrogen-bond acceptors (Lipinski definition) is 6. The van der Waals surface area contributed by atoms with Crippen molar-refractivity contribution in [2.45, 2.75) is 12.5 Å². The maximum absolute atomic E-state index is 10.9. The van der Waals surface area contributed by atoms with Crippen LogP contribution in [0.1, 0.15) is 34.1 Å². The minimum Gasteiger partial charge on any atom is -0.388 e. The number of nitriles is 1. The smallest absolute Gasteiger partial charge is 0.168 e. The first kappa shape index (κ1) is 13.2. The van der Waals surface area contributed by atoms with Crippen LogP contribution in [0.3, 0.4) is 0 Å². The Hall–Kier alpha value is -2.78. The fourth-order valence-electron chi connectivity index (χ4n) is 2.36. The molecule has 6 heteroatoms. The number of pyridine rings is 2. The molecule has 0 saturated carbocycles. The van der Waals surface area contributed by atoms with E-state index in [9.17, 15) is 9.90 Å². The molecule has 1 aliphatic rings. The Morgan fingerprint density at radius 1 is 1.38 bits per heavy atom.